The monoisotopic (exact) mass is 336 g/mol. The number of allylic oxidation sites excluding steroid dienone is 4. The van der Waals surface area contributed by atoms with Gasteiger partial charge in [0.1, 0.15) is 0 Å². The van der Waals surface area contributed by atoms with Gasteiger partial charge in [0.2, 0.25) is 0 Å². The fourth-order valence-electron chi connectivity index (χ4n) is 2.75. The Bertz CT molecular complexity index is 318. The number of unbranched alkanes of at least 4 members (excludes halogenated alkanes) is 12. The molecule has 0 fully saturated rings. The van der Waals surface area contributed by atoms with E-state index in [2.05, 4.69) is 31.2 Å². The molecule has 0 saturated heterocycles. The van der Waals surface area contributed by atoms with E-state index in [9.17, 15) is 4.79 Å². The fourth-order valence-corrected chi connectivity index (χ4v) is 2.75. The number of carboxylic acid groups (broad SMARTS) is 1. The van der Waals surface area contributed by atoms with E-state index in [0.717, 1.165) is 25.7 Å². The quantitative estimate of drug-likeness (QED) is 0.208. The van der Waals surface area contributed by atoms with Crippen molar-refractivity contribution >= 4 is 5.97 Å². The van der Waals surface area contributed by atoms with E-state index in [4.69, 9.17) is 5.11 Å². The number of rotatable bonds is 18. The van der Waals surface area contributed by atoms with Crippen molar-refractivity contribution in [1.29, 1.82) is 0 Å². The highest BCUT2D eigenvalue weighted by molar-refractivity contribution is 5.66. The standard InChI is InChI=1S/C22H40O2/c1-2-3-4-5-6-7-8-9-10-11-12-13-14-15-16-17-18-19-20-21-22(23)24/h9-10,15-16H,2-8,11-14,17-21H2,1H3,(H,23,24). The molecule has 0 aromatic rings. The van der Waals surface area contributed by atoms with Crippen LogP contribution < -0.4 is 0 Å². The Labute approximate surface area is 150 Å². The Morgan fingerprint density at radius 1 is 0.625 bits per heavy atom. The molecule has 0 rings (SSSR count). The molecule has 1 N–H and O–H groups in total. The second-order valence-electron chi connectivity index (χ2n) is 6.78. The maximum atomic E-state index is 10.4. The van der Waals surface area contributed by atoms with E-state index in [1.54, 1.807) is 0 Å². The minimum Gasteiger partial charge on any atom is -0.481 e. The number of aliphatic carboxylic acids is 1. The van der Waals surface area contributed by atoms with Gasteiger partial charge >= 0.3 is 5.97 Å². The summed E-state index contributed by atoms with van der Waals surface area (Å²) in [4.78, 5) is 10.4. The van der Waals surface area contributed by atoms with Crippen molar-refractivity contribution in [3.05, 3.63) is 24.3 Å². The van der Waals surface area contributed by atoms with Crippen molar-refractivity contribution in [2.24, 2.45) is 0 Å². The van der Waals surface area contributed by atoms with E-state index < -0.39 is 5.97 Å². The van der Waals surface area contributed by atoms with Crippen molar-refractivity contribution < 1.29 is 9.90 Å². The first-order chi connectivity index (χ1) is 11.8. The van der Waals surface area contributed by atoms with Crippen LogP contribution in [0.1, 0.15) is 110 Å². The summed E-state index contributed by atoms with van der Waals surface area (Å²) in [6.07, 6.45) is 28.2. The number of carbonyl (C=O) groups is 1. The summed E-state index contributed by atoms with van der Waals surface area (Å²) in [6, 6.07) is 0. The highest BCUT2D eigenvalue weighted by Gasteiger charge is 1.95. The maximum absolute atomic E-state index is 10.4. The molecule has 0 spiro atoms. The molecule has 0 amide bonds. The van der Waals surface area contributed by atoms with E-state index in [1.165, 1.54) is 70.6 Å². The molecule has 0 saturated carbocycles. The lowest BCUT2D eigenvalue weighted by molar-refractivity contribution is -0.137. The van der Waals surface area contributed by atoms with Crippen LogP contribution in [-0.2, 0) is 4.79 Å². The van der Waals surface area contributed by atoms with Crippen LogP contribution in [0.15, 0.2) is 24.3 Å². The summed E-state index contributed by atoms with van der Waals surface area (Å²) in [7, 11) is 0. The van der Waals surface area contributed by atoms with Gasteiger partial charge in [0.25, 0.3) is 0 Å². The van der Waals surface area contributed by atoms with Gasteiger partial charge in [-0.05, 0) is 57.8 Å². The highest BCUT2D eigenvalue weighted by atomic mass is 16.4. The zero-order valence-corrected chi connectivity index (χ0v) is 16.0. The SMILES string of the molecule is CCCCCCCCC=CCCCCC=CCCCCCC(=O)O. The predicted molar refractivity (Wildman–Crippen MR) is 105 cm³/mol. The van der Waals surface area contributed by atoms with Crippen molar-refractivity contribution in [3.63, 3.8) is 0 Å². The molecule has 24 heavy (non-hydrogen) atoms. The predicted octanol–water partition coefficient (Wildman–Crippen LogP) is 7.44. The van der Waals surface area contributed by atoms with Crippen LogP contribution in [0.2, 0.25) is 0 Å². The average Bonchev–Trinajstić information content (AvgIpc) is 2.56. The molecule has 0 bridgehead atoms. The minimum absolute atomic E-state index is 0.316. The normalized spacial score (nSPS) is 11.7. The first-order valence-corrected chi connectivity index (χ1v) is 10.3. The van der Waals surface area contributed by atoms with Gasteiger partial charge in [-0.25, -0.2) is 0 Å². The molecule has 140 valence electrons. The first kappa shape index (κ1) is 22.9. The zero-order chi connectivity index (χ0) is 17.7. The number of carboxylic acids is 1. The Morgan fingerprint density at radius 2 is 1.00 bits per heavy atom. The lowest BCUT2D eigenvalue weighted by Gasteiger charge is -1.98. The van der Waals surface area contributed by atoms with Crippen LogP contribution >= 0.6 is 0 Å². The van der Waals surface area contributed by atoms with Gasteiger partial charge < -0.3 is 5.11 Å². The van der Waals surface area contributed by atoms with Gasteiger partial charge in [0.05, 0.1) is 0 Å². The molecular formula is C22H40O2. The van der Waals surface area contributed by atoms with Crippen LogP contribution in [-0.4, -0.2) is 11.1 Å². The lowest BCUT2D eigenvalue weighted by Crippen LogP contribution is -1.93. The summed E-state index contributed by atoms with van der Waals surface area (Å²) in [5.74, 6) is -0.674. The van der Waals surface area contributed by atoms with Crippen LogP contribution in [0.25, 0.3) is 0 Å². The summed E-state index contributed by atoms with van der Waals surface area (Å²) in [5, 5.41) is 8.54. The van der Waals surface area contributed by atoms with Gasteiger partial charge in [-0.3, -0.25) is 4.79 Å². The lowest BCUT2D eigenvalue weighted by atomic mass is 10.1. The van der Waals surface area contributed by atoms with Crippen LogP contribution in [0.3, 0.4) is 0 Å². The highest BCUT2D eigenvalue weighted by Crippen LogP contribution is 2.09. The Balaban J connectivity index is 3.17. The van der Waals surface area contributed by atoms with E-state index in [1.807, 2.05) is 0 Å². The molecule has 0 aromatic heterocycles. The van der Waals surface area contributed by atoms with E-state index >= 15 is 0 Å². The molecule has 2 heteroatoms. The third-order valence-corrected chi connectivity index (χ3v) is 4.31. The molecule has 0 atom stereocenters. The fraction of sp³-hybridized carbons (Fsp3) is 0.773. The molecule has 0 aliphatic heterocycles. The van der Waals surface area contributed by atoms with E-state index in [-0.39, 0.29) is 0 Å². The Hall–Kier alpha value is -1.05. The van der Waals surface area contributed by atoms with Gasteiger partial charge in [-0.15, -0.1) is 0 Å². The third-order valence-electron chi connectivity index (χ3n) is 4.31. The molecular weight excluding hydrogens is 296 g/mol. The summed E-state index contributed by atoms with van der Waals surface area (Å²) in [5.41, 5.74) is 0. The molecule has 0 heterocycles. The first-order valence-electron chi connectivity index (χ1n) is 10.3. The topological polar surface area (TPSA) is 37.3 Å². The van der Waals surface area contributed by atoms with Crippen molar-refractivity contribution in [3.8, 4) is 0 Å². The minimum atomic E-state index is -0.674. The molecule has 0 aromatic carbocycles. The van der Waals surface area contributed by atoms with Crippen molar-refractivity contribution in [2.45, 2.75) is 110 Å². The second kappa shape index (κ2) is 20.0. The Kier molecular flexibility index (Phi) is 19.1. The summed E-state index contributed by atoms with van der Waals surface area (Å²) in [6.45, 7) is 2.27. The van der Waals surface area contributed by atoms with E-state index in [0.29, 0.717) is 6.42 Å². The van der Waals surface area contributed by atoms with Crippen LogP contribution in [0.4, 0.5) is 0 Å². The number of hydrogen-bond acceptors (Lipinski definition) is 1. The third kappa shape index (κ3) is 20.9. The van der Waals surface area contributed by atoms with Crippen molar-refractivity contribution in [1.82, 2.24) is 0 Å². The largest absolute Gasteiger partial charge is 0.481 e. The van der Waals surface area contributed by atoms with Gasteiger partial charge in [0, 0.05) is 6.42 Å². The second-order valence-corrected chi connectivity index (χ2v) is 6.78. The van der Waals surface area contributed by atoms with Gasteiger partial charge in [0.15, 0.2) is 0 Å². The number of hydrogen-bond donors (Lipinski definition) is 1. The summed E-state index contributed by atoms with van der Waals surface area (Å²) >= 11 is 0. The van der Waals surface area contributed by atoms with Gasteiger partial charge in [-0.1, -0.05) is 69.8 Å². The van der Waals surface area contributed by atoms with Crippen LogP contribution in [0.5, 0.6) is 0 Å². The average molecular weight is 337 g/mol. The smallest absolute Gasteiger partial charge is 0.303 e. The maximum Gasteiger partial charge on any atom is 0.303 e. The summed E-state index contributed by atoms with van der Waals surface area (Å²) < 4.78 is 0. The zero-order valence-electron chi connectivity index (χ0n) is 16.0. The molecule has 0 aliphatic rings. The molecule has 0 unspecified atom stereocenters. The van der Waals surface area contributed by atoms with Crippen LogP contribution in [0, 0.1) is 0 Å². The molecule has 2 nitrogen and oxygen atoms in total. The molecule has 0 aliphatic carbocycles. The van der Waals surface area contributed by atoms with Gasteiger partial charge in [-0.2, -0.15) is 0 Å². The van der Waals surface area contributed by atoms with Crippen molar-refractivity contribution in [2.75, 3.05) is 0 Å². The molecule has 0 radical (unpaired) electrons. The Morgan fingerprint density at radius 3 is 1.46 bits per heavy atom.